The third kappa shape index (κ3) is 16.3. The summed E-state index contributed by atoms with van der Waals surface area (Å²) in [5.74, 6) is 0.901. The van der Waals surface area contributed by atoms with Gasteiger partial charge in [-0.05, 0) is 11.2 Å². The van der Waals surface area contributed by atoms with Gasteiger partial charge in [0.05, 0.1) is 7.11 Å². The monoisotopic (exact) mass is 500 g/mol. The predicted octanol–water partition coefficient (Wildman–Crippen LogP) is 8.44. The van der Waals surface area contributed by atoms with E-state index in [4.69, 9.17) is 4.52 Å². The Balaban J connectivity index is 1.85. The molecule has 0 aromatic rings. The van der Waals surface area contributed by atoms with Crippen molar-refractivity contribution in [1.82, 2.24) is 9.80 Å². The lowest BCUT2D eigenvalue weighted by Crippen LogP contribution is -2.32. The largest absolute Gasteiger partial charge is 0.391 e. The molecule has 1 heterocycles. The Morgan fingerprint density at radius 1 is 0.706 bits per heavy atom. The number of nitrogens with zero attached hydrogens (tertiary/aromatic N) is 3. The van der Waals surface area contributed by atoms with Crippen molar-refractivity contribution in [2.75, 3.05) is 40.5 Å². The van der Waals surface area contributed by atoms with Crippen molar-refractivity contribution < 1.29 is 9.42 Å². The summed E-state index contributed by atoms with van der Waals surface area (Å²) < 4.78 is 9.67. The molecule has 0 saturated carbocycles. The molecule has 5 nitrogen and oxygen atoms in total. The minimum absolute atomic E-state index is 0.901. The molecule has 0 radical (unpaired) electrons. The number of hydrogen-bond acceptors (Lipinski definition) is 3. The first kappa shape index (κ1) is 31.6. The van der Waals surface area contributed by atoms with E-state index in [2.05, 4.69) is 21.5 Å². The Morgan fingerprint density at radius 2 is 1.09 bits per heavy atom. The Bertz CT molecular complexity index is 502. The van der Waals surface area contributed by atoms with Gasteiger partial charge in [-0.15, -0.1) is 0 Å². The number of guanidine groups is 1. The highest BCUT2D eigenvalue weighted by Gasteiger charge is 2.35. The molecule has 1 N–H and O–H groups in total. The quantitative estimate of drug-likeness (QED) is 0.113. The number of unbranched alkanes of at least 4 members (excludes halogenated alkanes) is 19. The predicted molar refractivity (Wildman–Crippen MR) is 152 cm³/mol. The van der Waals surface area contributed by atoms with E-state index in [-0.39, 0.29) is 0 Å². The Hall–Kier alpha value is -0.380. The van der Waals surface area contributed by atoms with Crippen molar-refractivity contribution in [2.24, 2.45) is 4.76 Å². The van der Waals surface area contributed by atoms with E-state index in [0.29, 0.717) is 0 Å². The van der Waals surface area contributed by atoms with Crippen LogP contribution in [0.15, 0.2) is 4.76 Å². The zero-order chi connectivity index (χ0) is 24.9. The second kappa shape index (κ2) is 20.8. The van der Waals surface area contributed by atoms with Gasteiger partial charge in [-0.2, -0.15) is 9.42 Å². The fourth-order valence-electron chi connectivity index (χ4n) is 4.83. The van der Waals surface area contributed by atoms with E-state index in [1.807, 2.05) is 7.05 Å². The molecule has 1 fully saturated rings. The highest BCUT2D eigenvalue weighted by Crippen LogP contribution is 2.53. The fraction of sp³-hybridized carbons (Fsp3) is 0.964. The zero-order valence-corrected chi connectivity index (χ0v) is 24.3. The average molecular weight is 501 g/mol. The smallest absolute Gasteiger partial charge is 0.341 e. The van der Waals surface area contributed by atoms with Crippen LogP contribution in [0.2, 0.25) is 0 Å². The van der Waals surface area contributed by atoms with Crippen molar-refractivity contribution in [3.8, 4) is 0 Å². The molecule has 0 aliphatic carbocycles. The molecule has 6 heteroatoms. The van der Waals surface area contributed by atoms with Gasteiger partial charge in [0.1, 0.15) is 6.66 Å². The maximum absolute atomic E-state index is 10.2. The van der Waals surface area contributed by atoms with Gasteiger partial charge < -0.3 is 9.80 Å². The van der Waals surface area contributed by atoms with Crippen molar-refractivity contribution in [3.05, 3.63) is 0 Å². The minimum atomic E-state index is -2.62. The fourth-order valence-corrected chi connectivity index (χ4v) is 5.52. The summed E-state index contributed by atoms with van der Waals surface area (Å²) in [7, 11) is 0.962. The molecule has 1 saturated heterocycles. The number of likely N-dealkylation sites (N-methyl/N-ethyl adjacent to an activating group) is 1. The highest BCUT2D eigenvalue weighted by molar-refractivity contribution is 7.63. The SMILES string of the molecule is CCCCCCCCCCCCCCCCCCCCCCN1CCN(C)/C1=N\[P+](C)(O)OC. The maximum Gasteiger partial charge on any atom is 0.391 e. The molecular formula is C28H59N3O2P+. The van der Waals surface area contributed by atoms with E-state index >= 15 is 0 Å². The molecule has 0 spiro atoms. The van der Waals surface area contributed by atoms with Crippen LogP contribution in [-0.4, -0.2) is 61.1 Å². The van der Waals surface area contributed by atoms with E-state index in [1.165, 1.54) is 136 Å². The molecule has 0 bridgehead atoms. The molecule has 0 aromatic carbocycles. The first-order valence-electron chi connectivity index (χ1n) is 14.7. The van der Waals surface area contributed by atoms with Crippen molar-refractivity contribution in [1.29, 1.82) is 0 Å². The topological polar surface area (TPSA) is 48.3 Å². The van der Waals surface area contributed by atoms with Gasteiger partial charge in [0.2, 0.25) is 5.96 Å². The standard InChI is InChI=1S/C28H59N3O2P/c1-5-6-7-8-9-10-11-12-13-14-15-16-17-18-19-20-21-22-23-24-25-31-27-26-30(2)28(31)29-34(4,32)33-3/h32H,5-27H2,1-4H3/q+1/b29-28+. The third-order valence-corrected chi connectivity index (χ3v) is 8.47. The lowest BCUT2D eigenvalue weighted by molar-refractivity contribution is 0.369. The lowest BCUT2D eigenvalue weighted by Gasteiger charge is -2.20. The molecular weight excluding hydrogens is 441 g/mol. The highest BCUT2D eigenvalue weighted by atomic mass is 31.2. The Morgan fingerprint density at radius 3 is 1.47 bits per heavy atom. The van der Waals surface area contributed by atoms with E-state index in [0.717, 1.165) is 25.6 Å². The molecule has 1 atom stereocenters. The Labute approximate surface area is 213 Å². The van der Waals surface area contributed by atoms with Gasteiger partial charge in [0.15, 0.2) is 0 Å². The van der Waals surface area contributed by atoms with Crippen LogP contribution in [0.5, 0.6) is 0 Å². The summed E-state index contributed by atoms with van der Waals surface area (Å²) in [5.41, 5.74) is 0. The van der Waals surface area contributed by atoms with Crippen LogP contribution < -0.4 is 0 Å². The average Bonchev–Trinajstić information content (AvgIpc) is 3.16. The molecule has 1 rings (SSSR count). The minimum Gasteiger partial charge on any atom is -0.341 e. The maximum atomic E-state index is 10.2. The first-order valence-corrected chi connectivity index (χ1v) is 16.8. The Kier molecular flexibility index (Phi) is 19.3. The second-order valence-corrected chi connectivity index (χ2v) is 12.8. The van der Waals surface area contributed by atoms with E-state index < -0.39 is 7.87 Å². The van der Waals surface area contributed by atoms with Gasteiger partial charge in [-0.25, -0.2) is 0 Å². The van der Waals surface area contributed by atoms with Gasteiger partial charge in [-0.3, -0.25) is 0 Å². The van der Waals surface area contributed by atoms with Crippen molar-refractivity contribution >= 4 is 13.8 Å². The van der Waals surface area contributed by atoms with Crippen LogP contribution in [-0.2, 0) is 4.52 Å². The molecule has 1 aliphatic rings. The van der Waals surface area contributed by atoms with Crippen molar-refractivity contribution in [2.45, 2.75) is 135 Å². The van der Waals surface area contributed by atoms with Gasteiger partial charge >= 0.3 is 7.87 Å². The summed E-state index contributed by atoms with van der Waals surface area (Å²) in [4.78, 5) is 14.6. The number of hydrogen-bond donors (Lipinski definition) is 1. The van der Waals surface area contributed by atoms with Crippen LogP contribution in [0.4, 0.5) is 0 Å². The zero-order valence-electron chi connectivity index (χ0n) is 23.4. The lowest BCUT2D eigenvalue weighted by atomic mass is 10.0. The van der Waals surface area contributed by atoms with E-state index in [9.17, 15) is 4.89 Å². The van der Waals surface area contributed by atoms with Crippen molar-refractivity contribution in [3.63, 3.8) is 0 Å². The van der Waals surface area contributed by atoms with Crippen LogP contribution >= 0.6 is 7.87 Å². The third-order valence-electron chi connectivity index (χ3n) is 7.23. The van der Waals surface area contributed by atoms with Gasteiger partial charge in [0, 0.05) is 26.7 Å². The second-order valence-electron chi connectivity index (χ2n) is 10.5. The van der Waals surface area contributed by atoms with Gasteiger partial charge in [-0.1, -0.05) is 129 Å². The molecule has 34 heavy (non-hydrogen) atoms. The summed E-state index contributed by atoms with van der Waals surface area (Å²) in [5, 5.41) is 0. The van der Waals surface area contributed by atoms with Gasteiger partial charge in [0.25, 0.3) is 0 Å². The molecule has 0 amide bonds. The summed E-state index contributed by atoms with van der Waals surface area (Å²) in [6.07, 6.45) is 28.3. The molecule has 1 unspecified atom stereocenters. The normalized spacial score (nSPS) is 17.1. The van der Waals surface area contributed by atoms with Crippen LogP contribution in [0.25, 0.3) is 0 Å². The first-order chi connectivity index (χ1) is 16.5. The summed E-state index contributed by atoms with van der Waals surface area (Å²) >= 11 is 0. The van der Waals surface area contributed by atoms with Crippen LogP contribution in [0.1, 0.15) is 135 Å². The van der Waals surface area contributed by atoms with Crippen LogP contribution in [0, 0.1) is 0 Å². The van der Waals surface area contributed by atoms with E-state index in [1.54, 1.807) is 6.66 Å². The molecule has 1 aliphatic heterocycles. The number of rotatable bonds is 23. The summed E-state index contributed by atoms with van der Waals surface area (Å²) in [6.45, 7) is 7.00. The summed E-state index contributed by atoms with van der Waals surface area (Å²) in [6, 6.07) is 0. The van der Waals surface area contributed by atoms with Crippen LogP contribution in [0.3, 0.4) is 0 Å². The molecule has 0 aromatic heterocycles. The molecule has 202 valence electrons.